The molecule has 1 saturated carbocycles. The first kappa shape index (κ1) is 43.8. The van der Waals surface area contributed by atoms with Gasteiger partial charge in [0.2, 0.25) is 15.8 Å². The van der Waals surface area contributed by atoms with Crippen molar-refractivity contribution in [3.8, 4) is 11.5 Å². The van der Waals surface area contributed by atoms with E-state index >= 15 is 8.42 Å². The Morgan fingerprint density at radius 2 is 1.80 bits per heavy atom. The number of nitrogens with zero attached hydrogens (tertiary/aromatic N) is 3. The number of aromatic nitrogens is 1. The number of aliphatic hydroxyl groups is 2. The highest BCUT2D eigenvalue weighted by Gasteiger charge is 2.65. The normalized spacial score (nSPS) is 24.1. The number of allylic oxidation sites excluding steroid dienone is 1. The van der Waals surface area contributed by atoms with Crippen molar-refractivity contribution in [1.29, 1.82) is 0 Å². The van der Waals surface area contributed by atoms with E-state index in [1.807, 2.05) is 49.4 Å². The van der Waals surface area contributed by atoms with Crippen molar-refractivity contribution in [2.24, 2.45) is 22.9 Å². The first-order valence-corrected chi connectivity index (χ1v) is 23.5. The molecule has 4 aromatic rings. The number of fused-ring (bicyclic) bond motifs is 3. The number of oxime groups is 1. The van der Waals surface area contributed by atoms with E-state index in [-0.39, 0.29) is 48.9 Å². The number of pyridine rings is 1. The minimum Gasteiger partial charge on any atom is -0.493 e. The van der Waals surface area contributed by atoms with Crippen molar-refractivity contribution < 1.29 is 37.7 Å². The van der Waals surface area contributed by atoms with E-state index in [1.54, 1.807) is 49.3 Å². The van der Waals surface area contributed by atoms with E-state index in [2.05, 4.69) is 35.8 Å². The smallest absolute Gasteiger partial charge is 0.245 e. The van der Waals surface area contributed by atoms with Gasteiger partial charge in [-0.1, -0.05) is 66.5 Å². The number of thioether (sulfide) groups is 1. The molecule has 1 aromatic heterocycles. The zero-order valence-corrected chi connectivity index (χ0v) is 36.2. The van der Waals surface area contributed by atoms with Crippen molar-refractivity contribution in [3.63, 3.8) is 0 Å². The van der Waals surface area contributed by atoms with Gasteiger partial charge in [0.15, 0.2) is 0 Å². The number of para-hydroxylation sites is 1. The summed E-state index contributed by atoms with van der Waals surface area (Å²) in [6, 6.07) is 24.1. The van der Waals surface area contributed by atoms with Crippen LogP contribution in [0, 0.1) is 17.8 Å². The van der Waals surface area contributed by atoms with Crippen LogP contribution in [0.4, 0.5) is 0 Å². The number of ether oxygens (including phenoxy) is 3. The number of aliphatic hydroxyl groups excluding tert-OH is 2. The Hall–Kier alpha value is -4.24. The Balaban J connectivity index is 1.38. The molecule has 320 valence electrons. The Labute approximate surface area is 358 Å². The van der Waals surface area contributed by atoms with Gasteiger partial charge in [-0.05, 0) is 92.5 Å². The molecular weight excluding hydrogens is 799 g/mol. The van der Waals surface area contributed by atoms with Gasteiger partial charge in [0.25, 0.3) is 0 Å². The van der Waals surface area contributed by atoms with Gasteiger partial charge in [-0.2, -0.15) is 4.31 Å². The van der Waals surface area contributed by atoms with Gasteiger partial charge >= 0.3 is 0 Å². The van der Waals surface area contributed by atoms with Crippen LogP contribution >= 0.6 is 11.8 Å². The number of rotatable bonds is 21. The summed E-state index contributed by atoms with van der Waals surface area (Å²) in [6.45, 7) is 6.98. The summed E-state index contributed by atoms with van der Waals surface area (Å²) in [7, 11) is -2.64. The monoisotopic (exact) mass is 855 g/mol. The summed E-state index contributed by atoms with van der Waals surface area (Å²) in [6.07, 6.45) is 10.3. The maximum absolute atomic E-state index is 15.1. The maximum atomic E-state index is 15.1. The zero-order chi connectivity index (χ0) is 42.1. The average molecular weight is 856 g/mol. The maximum Gasteiger partial charge on any atom is 0.245 e. The van der Waals surface area contributed by atoms with Gasteiger partial charge in [0.1, 0.15) is 23.0 Å². The topological polar surface area (TPSA) is 140 Å². The zero-order valence-electron chi connectivity index (χ0n) is 34.5. The van der Waals surface area contributed by atoms with E-state index in [0.717, 1.165) is 42.6 Å². The van der Waals surface area contributed by atoms with Gasteiger partial charge in [-0.3, -0.25) is 4.98 Å². The molecule has 6 atom stereocenters. The van der Waals surface area contributed by atoms with Crippen LogP contribution in [0.3, 0.4) is 0 Å². The van der Waals surface area contributed by atoms with Crippen molar-refractivity contribution in [2.75, 3.05) is 45.8 Å². The molecule has 0 saturated heterocycles. The van der Waals surface area contributed by atoms with E-state index in [1.165, 1.54) is 9.20 Å². The number of hydrogen-bond donors (Lipinski definition) is 2. The third-order valence-electron chi connectivity index (χ3n) is 12.0. The van der Waals surface area contributed by atoms with Gasteiger partial charge in [-0.25, -0.2) is 8.42 Å². The van der Waals surface area contributed by atoms with E-state index in [0.29, 0.717) is 54.2 Å². The standard InChI is InChI=1S/C47H57N3O8S2/c1-4-27-56-47-43(50(3)60(53,54)42-21-13-16-33-17-14-24-48-46(33)42)32-40(49-57-5-2)38-30-34(15-9-11-25-51)37(20-10-12-26-52)44(45(38)47)39-31-35(22-23-41(39)58-47)55-28-29-59-36-18-7-6-8-19-36/h4,6-8,13-14,16-19,21-24,30-31,34,37,43-45,51-52H,1,5,9-12,15,20,25-29,32H2,2-3H3. The summed E-state index contributed by atoms with van der Waals surface area (Å²) < 4.78 is 52.1. The second-order valence-corrected chi connectivity index (χ2v) is 18.7. The fraction of sp³-hybridized carbons (Fsp3) is 0.447. The van der Waals surface area contributed by atoms with Crippen molar-refractivity contribution in [2.45, 2.75) is 79.4 Å². The summed E-state index contributed by atoms with van der Waals surface area (Å²) in [4.78, 5) is 11.6. The molecule has 2 N–H and O–H groups in total. The molecule has 0 bridgehead atoms. The fourth-order valence-corrected chi connectivity index (χ4v) is 11.7. The molecule has 0 amide bonds. The highest BCUT2D eigenvalue weighted by atomic mass is 32.2. The molecule has 2 aliphatic carbocycles. The second kappa shape index (κ2) is 20.1. The van der Waals surface area contributed by atoms with Crippen LogP contribution in [-0.2, 0) is 19.6 Å². The van der Waals surface area contributed by atoms with Gasteiger partial charge in [0, 0.05) is 60.4 Å². The predicted octanol–water partition coefficient (Wildman–Crippen LogP) is 8.38. The lowest BCUT2D eigenvalue weighted by atomic mass is 9.55. The minimum atomic E-state index is -4.22. The van der Waals surface area contributed by atoms with Gasteiger partial charge in [-0.15, -0.1) is 18.3 Å². The van der Waals surface area contributed by atoms with Crippen LogP contribution in [0.25, 0.3) is 10.9 Å². The molecular formula is C47H57N3O8S2. The van der Waals surface area contributed by atoms with Crippen molar-refractivity contribution >= 4 is 38.4 Å². The highest BCUT2D eigenvalue weighted by Crippen LogP contribution is 2.62. The summed E-state index contributed by atoms with van der Waals surface area (Å²) in [5, 5.41) is 25.2. The van der Waals surface area contributed by atoms with Crippen LogP contribution in [-0.4, -0.2) is 91.3 Å². The number of likely N-dealkylation sites (N-methyl/N-ethyl adjacent to an activating group) is 1. The minimum absolute atomic E-state index is 0.0403. The van der Waals surface area contributed by atoms with E-state index in [9.17, 15) is 10.2 Å². The third kappa shape index (κ3) is 9.03. The third-order valence-corrected chi connectivity index (χ3v) is 14.9. The highest BCUT2D eigenvalue weighted by molar-refractivity contribution is 7.99. The lowest BCUT2D eigenvalue weighted by Gasteiger charge is -2.59. The van der Waals surface area contributed by atoms with E-state index < -0.39 is 27.8 Å². The largest absolute Gasteiger partial charge is 0.493 e. The number of benzene rings is 3. The quantitative estimate of drug-likeness (QED) is 0.0364. The fourth-order valence-electron chi connectivity index (χ4n) is 9.38. The average Bonchev–Trinajstić information content (AvgIpc) is 3.27. The molecule has 3 aliphatic rings. The molecule has 1 fully saturated rings. The molecule has 0 radical (unpaired) electrons. The lowest BCUT2D eigenvalue weighted by molar-refractivity contribution is -0.250. The molecule has 11 nitrogen and oxygen atoms in total. The van der Waals surface area contributed by atoms with Crippen LogP contribution in [0.1, 0.15) is 63.4 Å². The Bertz CT molecular complexity index is 2250. The van der Waals surface area contributed by atoms with Crippen LogP contribution < -0.4 is 9.47 Å². The number of unbranched alkanes of at least 4 members (excludes halogenated alkanes) is 2. The molecule has 0 spiro atoms. The number of hydrogen-bond acceptors (Lipinski definition) is 11. The van der Waals surface area contributed by atoms with Gasteiger partial charge < -0.3 is 29.3 Å². The van der Waals surface area contributed by atoms with Crippen LogP contribution in [0.15, 0.2) is 124 Å². The van der Waals surface area contributed by atoms with E-state index in [4.69, 9.17) is 24.2 Å². The Morgan fingerprint density at radius 1 is 1.02 bits per heavy atom. The number of sulfonamides is 1. The summed E-state index contributed by atoms with van der Waals surface area (Å²) in [5.74, 6) is -0.0909. The molecule has 7 rings (SSSR count). The molecule has 1 aliphatic heterocycles. The van der Waals surface area contributed by atoms with Crippen LogP contribution in [0.5, 0.6) is 11.5 Å². The molecule has 13 heteroatoms. The first-order valence-electron chi connectivity index (χ1n) is 21.1. The Morgan fingerprint density at radius 3 is 2.57 bits per heavy atom. The second-order valence-electron chi connectivity index (χ2n) is 15.6. The lowest BCUT2D eigenvalue weighted by Crippen LogP contribution is -2.69. The predicted molar refractivity (Wildman–Crippen MR) is 236 cm³/mol. The molecule has 3 aromatic carbocycles. The first-order chi connectivity index (χ1) is 29.3. The molecule has 6 unspecified atom stereocenters. The molecule has 60 heavy (non-hydrogen) atoms. The van der Waals surface area contributed by atoms with Gasteiger partial charge in [0.05, 0.1) is 36.4 Å². The van der Waals surface area contributed by atoms with Crippen molar-refractivity contribution in [1.82, 2.24) is 9.29 Å². The van der Waals surface area contributed by atoms with Crippen LogP contribution in [0.2, 0.25) is 0 Å². The summed E-state index contributed by atoms with van der Waals surface area (Å²) >= 11 is 1.73. The Kier molecular flexibility index (Phi) is 14.7. The summed E-state index contributed by atoms with van der Waals surface area (Å²) in [5.41, 5.74) is 2.89. The SMILES string of the molecule is C=CCOC12Oc3ccc(OCCSc4ccccc4)cc3C3C(CCCCO)C(CCCCO)C=C(C(=NOCC)CC1N(C)S(=O)(=O)c1cccc4cccnc14)C32. The van der Waals surface area contributed by atoms with Crippen molar-refractivity contribution in [3.05, 3.63) is 115 Å². The molecule has 2 heterocycles.